The molecule has 2 saturated heterocycles. The fourth-order valence-electron chi connectivity index (χ4n) is 4.06. The Labute approximate surface area is 126 Å². The molecule has 2 nitrogen and oxygen atoms in total. The first-order valence-electron chi connectivity index (χ1n) is 8.97. The van der Waals surface area contributed by atoms with E-state index in [1.807, 2.05) is 0 Å². The van der Waals surface area contributed by atoms with Crippen LogP contribution in [0.2, 0.25) is 0 Å². The summed E-state index contributed by atoms with van der Waals surface area (Å²) in [6.45, 7) is 14.0. The zero-order valence-corrected chi connectivity index (χ0v) is 14.3. The molecule has 0 aliphatic carbocycles. The van der Waals surface area contributed by atoms with Gasteiger partial charge in [-0.15, -0.1) is 0 Å². The van der Waals surface area contributed by atoms with Gasteiger partial charge in [-0.1, -0.05) is 20.8 Å². The van der Waals surface area contributed by atoms with Crippen molar-refractivity contribution in [3.63, 3.8) is 0 Å². The molecule has 2 atom stereocenters. The number of rotatable bonds is 5. The Morgan fingerprint density at radius 1 is 0.950 bits per heavy atom. The molecule has 2 aliphatic rings. The summed E-state index contributed by atoms with van der Waals surface area (Å²) in [5, 5.41) is 0. The summed E-state index contributed by atoms with van der Waals surface area (Å²) < 4.78 is 0. The summed E-state index contributed by atoms with van der Waals surface area (Å²) in [5.41, 5.74) is 0. The van der Waals surface area contributed by atoms with E-state index in [-0.39, 0.29) is 0 Å². The molecule has 118 valence electrons. The molecule has 0 N–H and O–H groups in total. The lowest BCUT2D eigenvalue weighted by atomic mass is 9.83. The number of hydrogen-bond donors (Lipinski definition) is 0. The van der Waals surface area contributed by atoms with Crippen LogP contribution >= 0.6 is 0 Å². The van der Waals surface area contributed by atoms with E-state index in [9.17, 15) is 0 Å². The van der Waals surface area contributed by atoms with Crippen LogP contribution in [-0.2, 0) is 0 Å². The van der Waals surface area contributed by atoms with Gasteiger partial charge >= 0.3 is 0 Å². The molecule has 0 amide bonds. The average molecular weight is 281 g/mol. The summed E-state index contributed by atoms with van der Waals surface area (Å²) in [5.74, 6) is 3.71. The van der Waals surface area contributed by atoms with Crippen LogP contribution in [0, 0.1) is 23.7 Å². The molecule has 1 unspecified atom stereocenters. The zero-order chi connectivity index (χ0) is 14.5. The van der Waals surface area contributed by atoms with Crippen molar-refractivity contribution in [3.8, 4) is 0 Å². The quantitative estimate of drug-likeness (QED) is 0.757. The van der Waals surface area contributed by atoms with E-state index in [1.165, 1.54) is 64.8 Å². The molecule has 0 aromatic heterocycles. The Bertz CT molecular complexity index is 269. The maximum atomic E-state index is 2.75. The van der Waals surface area contributed by atoms with E-state index in [2.05, 4.69) is 37.6 Å². The molecule has 2 heterocycles. The largest absolute Gasteiger partial charge is 0.306 e. The number of piperidine rings is 2. The Morgan fingerprint density at radius 2 is 1.65 bits per heavy atom. The van der Waals surface area contributed by atoms with E-state index < -0.39 is 0 Å². The molecular weight excluding hydrogens is 244 g/mol. The number of nitrogens with zero attached hydrogens (tertiary/aromatic N) is 2. The van der Waals surface area contributed by atoms with E-state index in [0.717, 1.165) is 23.7 Å². The van der Waals surface area contributed by atoms with Crippen LogP contribution in [-0.4, -0.2) is 49.6 Å². The van der Waals surface area contributed by atoms with Crippen molar-refractivity contribution < 1.29 is 0 Å². The van der Waals surface area contributed by atoms with Gasteiger partial charge < -0.3 is 9.80 Å². The minimum absolute atomic E-state index is 0.865. The summed E-state index contributed by atoms with van der Waals surface area (Å²) in [6, 6.07) is 0. The molecule has 2 heteroatoms. The lowest BCUT2D eigenvalue weighted by molar-refractivity contribution is 0.122. The molecule has 2 rings (SSSR count). The molecule has 0 aromatic rings. The molecule has 0 radical (unpaired) electrons. The monoisotopic (exact) mass is 280 g/mol. The Balaban J connectivity index is 1.69. The Kier molecular flexibility index (Phi) is 6.35. The van der Waals surface area contributed by atoms with Crippen LogP contribution in [0.15, 0.2) is 0 Å². The van der Waals surface area contributed by atoms with Crippen LogP contribution in [0.25, 0.3) is 0 Å². The first-order valence-corrected chi connectivity index (χ1v) is 8.97. The normalized spacial score (nSPS) is 28.9. The topological polar surface area (TPSA) is 6.48 Å². The van der Waals surface area contributed by atoms with Crippen LogP contribution in [0.4, 0.5) is 0 Å². The van der Waals surface area contributed by atoms with Gasteiger partial charge in [0.2, 0.25) is 0 Å². The van der Waals surface area contributed by atoms with Gasteiger partial charge in [0.25, 0.3) is 0 Å². The van der Waals surface area contributed by atoms with Crippen molar-refractivity contribution in [2.75, 3.05) is 39.8 Å². The Morgan fingerprint density at radius 3 is 2.30 bits per heavy atom. The van der Waals surface area contributed by atoms with Crippen LogP contribution < -0.4 is 0 Å². The van der Waals surface area contributed by atoms with E-state index >= 15 is 0 Å². The van der Waals surface area contributed by atoms with E-state index in [0.29, 0.717) is 0 Å². The predicted molar refractivity (Wildman–Crippen MR) is 88.0 cm³/mol. The van der Waals surface area contributed by atoms with Crippen LogP contribution in [0.5, 0.6) is 0 Å². The number of likely N-dealkylation sites (tertiary alicyclic amines) is 2. The second-order valence-electron chi connectivity index (χ2n) is 7.85. The highest BCUT2D eigenvalue weighted by molar-refractivity contribution is 4.78. The van der Waals surface area contributed by atoms with Crippen molar-refractivity contribution in [1.82, 2.24) is 9.80 Å². The van der Waals surface area contributed by atoms with Gasteiger partial charge in [0.05, 0.1) is 0 Å². The standard InChI is InChI=1S/C18H36N2/c1-15(2)18-6-5-10-20(14-18)13-7-16(3)17-8-11-19(4)12-9-17/h15-18H,5-14H2,1-4H3/t16-,18?/m0/s1. The van der Waals surface area contributed by atoms with Crippen LogP contribution in [0.1, 0.15) is 52.9 Å². The highest BCUT2D eigenvalue weighted by Gasteiger charge is 2.25. The Hall–Kier alpha value is -0.0800. The van der Waals surface area contributed by atoms with Crippen LogP contribution in [0.3, 0.4) is 0 Å². The molecule has 2 aliphatic heterocycles. The second-order valence-corrected chi connectivity index (χ2v) is 7.85. The fraction of sp³-hybridized carbons (Fsp3) is 1.00. The van der Waals surface area contributed by atoms with Crippen molar-refractivity contribution in [1.29, 1.82) is 0 Å². The molecule has 0 spiro atoms. The van der Waals surface area contributed by atoms with Gasteiger partial charge in [-0.05, 0) is 89.0 Å². The highest BCUT2D eigenvalue weighted by atomic mass is 15.1. The lowest BCUT2D eigenvalue weighted by Gasteiger charge is -2.37. The van der Waals surface area contributed by atoms with Gasteiger partial charge in [0.1, 0.15) is 0 Å². The van der Waals surface area contributed by atoms with E-state index in [1.54, 1.807) is 0 Å². The molecule has 0 aromatic carbocycles. The van der Waals surface area contributed by atoms with Gasteiger partial charge in [0, 0.05) is 6.54 Å². The predicted octanol–water partition coefficient (Wildman–Crippen LogP) is 3.72. The fourth-order valence-corrected chi connectivity index (χ4v) is 4.06. The van der Waals surface area contributed by atoms with Crippen molar-refractivity contribution in [3.05, 3.63) is 0 Å². The third kappa shape index (κ3) is 4.73. The highest BCUT2D eigenvalue weighted by Crippen LogP contribution is 2.28. The van der Waals surface area contributed by atoms with Gasteiger partial charge in [-0.25, -0.2) is 0 Å². The summed E-state index contributed by atoms with van der Waals surface area (Å²) in [7, 11) is 2.26. The maximum absolute atomic E-state index is 2.75. The van der Waals surface area contributed by atoms with Crippen molar-refractivity contribution in [2.24, 2.45) is 23.7 Å². The number of hydrogen-bond acceptors (Lipinski definition) is 2. The minimum atomic E-state index is 0.865. The SMILES string of the molecule is CC(C)C1CCCN(CC[C@H](C)C2CCN(C)CC2)C1. The third-order valence-corrected chi connectivity index (χ3v) is 5.95. The first kappa shape index (κ1) is 16.3. The summed E-state index contributed by atoms with van der Waals surface area (Å²) in [4.78, 5) is 5.24. The summed E-state index contributed by atoms with van der Waals surface area (Å²) >= 11 is 0. The van der Waals surface area contributed by atoms with Gasteiger partial charge in [-0.2, -0.15) is 0 Å². The summed E-state index contributed by atoms with van der Waals surface area (Å²) in [6.07, 6.45) is 7.14. The average Bonchev–Trinajstić information content (AvgIpc) is 2.46. The first-order chi connectivity index (χ1) is 9.56. The molecule has 20 heavy (non-hydrogen) atoms. The third-order valence-electron chi connectivity index (χ3n) is 5.95. The lowest BCUT2D eigenvalue weighted by Crippen LogP contribution is -2.39. The second kappa shape index (κ2) is 7.79. The van der Waals surface area contributed by atoms with Crippen molar-refractivity contribution in [2.45, 2.75) is 52.9 Å². The minimum Gasteiger partial charge on any atom is -0.306 e. The molecule has 0 bridgehead atoms. The molecule has 0 saturated carbocycles. The van der Waals surface area contributed by atoms with E-state index in [4.69, 9.17) is 0 Å². The molecule has 2 fully saturated rings. The molecular formula is C18H36N2. The zero-order valence-electron chi connectivity index (χ0n) is 14.3. The van der Waals surface area contributed by atoms with Gasteiger partial charge in [0.15, 0.2) is 0 Å². The van der Waals surface area contributed by atoms with Gasteiger partial charge in [-0.3, -0.25) is 0 Å². The maximum Gasteiger partial charge on any atom is 0.00121 e. The smallest absolute Gasteiger partial charge is 0.00121 e. The van der Waals surface area contributed by atoms with Crippen molar-refractivity contribution >= 4 is 0 Å².